The SMILES string of the molecule is COc1cc(OC)cc(C(=O)Oc2ccc3c(c2)O/C(=C\c2cccc(C)c2)C3=O)c1. The molecule has 0 saturated carbocycles. The van der Waals surface area contributed by atoms with Crippen LogP contribution in [0.4, 0.5) is 0 Å². The number of allylic oxidation sites excluding steroid dienone is 1. The number of hydrogen-bond donors (Lipinski definition) is 0. The lowest BCUT2D eigenvalue weighted by Gasteiger charge is -2.09. The van der Waals surface area contributed by atoms with E-state index in [1.807, 2.05) is 31.2 Å². The maximum absolute atomic E-state index is 12.7. The van der Waals surface area contributed by atoms with E-state index in [1.165, 1.54) is 20.3 Å². The van der Waals surface area contributed by atoms with Crippen LogP contribution in [-0.4, -0.2) is 26.0 Å². The van der Waals surface area contributed by atoms with Gasteiger partial charge in [0.15, 0.2) is 5.76 Å². The van der Waals surface area contributed by atoms with Crippen molar-refractivity contribution in [2.45, 2.75) is 6.92 Å². The maximum atomic E-state index is 12.7. The molecular weight excluding hydrogens is 396 g/mol. The van der Waals surface area contributed by atoms with Crippen molar-refractivity contribution >= 4 is 17.8 Å². The minimum absolute atomic E-state index is 0.216. The van der Waals surface area contributed by atoms with E-state index < -0.39 is 5.97 Å². The molecule has 4 rings (SSSR count). The molecule has 156 valence electrons. The first-order valence-electron chi connectivity index (χ1n) is 9.57. The molecule has 3 aromatic rings. The van der Waals surface area contributed by atoms with Crippen molar-refractivity contribution in [3.05, 3.63) is 88.7 Å². The van der Waals surface area contributed by atoms with Gasteiger partial charge in [-0.3, -0.25) is 4.79 Å². The Hall–Kier alpha value is -4.06. The molecule has 0 saturated heterocycles. The molecule has 3 aromatic carbocycles. The van der Waals surface area contributed by atoms with E-state index in [0.29, 0.717) is 22.8 Å². The minimum atomic E-state index is -0.586. The summed E-state index contributed by atoms with van der Waals surface area (Å²) in [6, 6.07) is 17.2. The molecule has 31 heavy (non-hydrogen) atoms. The van der Waals surface area contributed by atoms with Gasteiger partial charge < -0.3 is 18.9 Å². The average Bonchev–Trinajstić information content (AvgIpc) is 3.07. The summed E-state index contributed by atoms with van der Waals surface area (Å²) in [5.41, 5.74) is 2.64. The highest BCUT2D eigenvalue weighted by Crippen LogP contribution is 2.35. The van der Waals surface area contributed by atoms with Crippen molar-refractivity contribution in [2.24, 2.45) is 0 Å². The quantitative estimate of drug-likeness (QED) is 0.336. The molecular formula is C25H20O6. The molecule has 0 amide bonds. The lowest BCUT2D eigenvalue weighted by molar-refractivity contribution is 0.0733. The van der Waals surface area contributed by atoms with Crippen LogP contribution in [0.3, 0.4) is 0 Å². The van der Waals surface area contributed by atoms with Gasteiger partial charge in [-0.1, -0.05) is 29.8 Å². The second kappa shape index (κ2) is 8.36. The maximum Gasteiger partial charge on any atom is 0.343 e. The second-order valence-corrected chi connectivity index (χ2v) is 7.00. The van der Waals surface area contributed by atoms with Gasteiger partial charge in [0.25, 0.3) is 0 Å². The number of carbonyl (C=O) groups is 2. The molecule has 0 fully saturated rings. The van der Waals surface area contributed by atoms with Crippen LogP contribution in [-0.2, 0) is 0 Å². The van der Waals surface area contributed by atoms with Crippen LogP contribution < -0.4 is 18.9 Å². The van der Waals surface area contributed by atoms with Crippen LogP contribution in [0.25, 0.3) is 6.08 Å². The Balaban J connectivity index is 1.56. The first kappa shape index (κ1) is 20.2. The summed E-state index contributed by atoms with van der Waals surface area (Å²) in [5.74, 6) is 0.971. The van der Waals surface area contributed by atoms with E-state index in [1.54, 1.807) is 36.4 Å². The highest BCUT2D eigenvalue weighted by atomic mass is 16.5. The molecule has 0 radical (unpaired) electrons. The monoisotopic (exact) mass is 416 g/mol. The zero-order valence-electron chi connectivity index (χ0n) is 17.3. The normalized spacial score (nSPS) is 13.5. The van der Waals surface area contributed by atoms with E-state index in [2.05, 4.69) is 0 Å². The summed E-state index contributed by atoms with van der Waals surface area (Å²) >= 11 is 0. The predicted octanol–water partition coefficient (Wildman–Crippen LogP) is 4.85. The summed E-state index contributed by atoms with van der Waals surface area (Å²) < 4.78 is 21.6. The number of Topliss-reactive ketones (excluding diaryl/α,β-unsaturated/α-hetero) is 1. The third-order valence-corrected chi connectivity index (χ3v) is 4.78. The Bertz CT molecular complexity index is 1190. The second-order valence-electron chi connectivity index (χ2n) is 7.00. The first-order chi connectivity index (χ1) is 15.0. The molecule has 6 heteroatoms. The fourth-order valence-electron chi connectivity index (χ4n) is 3.23. The van der Waals surface area contributed by atoms with E-state index in [9.17, 15) is 9.59 Å². The van der Waals surface area contributed by atoms with Gasteiger partial charge in [0, 0.05) is 12.1 Å². The fourth-order valence-corrected chi connectivity index (χ4v) is 3.23. The number of hydrogen-bond acceptors (Lipinski definition) is 6. The first-order valence-corrected chi connectivity index (χ1v) is 9.57. The molecule has 6 nitrogen and oxygen atoms in total. The number of esters is 1. The number of fused-ring (bicyclic) bond motifs is 1. The van der Waals surface area contributed by atoms with Gasteiger partial charge in [-0.25, -0.2) is 4.79 Å². The molecule has 0 unspecified atom stereocenters. The van der Waals surface area contributed by atoms with Gasteiger partial charge in [0.1, 0.15) is 23.0 Å². The molecule has 1 aliphatic heterocycles. The van der Waals surface area contributed by atoms with Gasteiger partial charge in [0.2, 0.25) is 5.78 Å². The van der Waals surface area contributed by atoms with Gasteiger partial charge >= 0.3 is 5.97 Å². The van der Waals surface area contributed by atoms with Crippen LogP contribution >= 0.6 is 0 Å². The topological polar surface area (TPSA) is 71.1 Å². The minimum Gasteiger partial charge on any atom is -0.497 e. The van der Waals surface area contributed by atoms with Crippen LogP contribution in [0.15, 0.2) is 66.4 Å². The highest BCUT2D eigenvalue weighted by molar-refractivity contribution is 6.14. The van der Waals surface area contributed by atoms with Crippen molar-refractivity contribution < 1.29 is 28.5 Å². The van der Waals surface area contributed by atoms with Gasteiger partial charge in [-0.2, -0.15) is 0 Å². The van der Waals surface area contributed by atoms with E-state index in [4.69, 9.17) is 18.9 Å². The Morgan fingerprint density at radius 2 is 1.65 bits per heavy atom. The zero-order chi connectivity index (χ0) is 22.0. The Labute approximate surface area is 179 Å². The smallest absolute Gasteiger partial charge is 0.343 e. The van der Waals surface area contributed by atoms with Crippen molar-refractivity contribution in [1.82, 2.24) is 0 Å². The summed E-state index contributed by atoms with van der Waals surface area (Å²) in [4.78, 5) is 25.3. The Morgan fingerprint density at radius 3 is 2.32 bits per heavy atom. The van der Waals surface area contributed by atoms with Crippen molar-refractivity contribution in [2.75, 3.05) is 14.2 Å². The van der Waals surface area contributed by atoms with Gasteiger partial charge in [0.05, 0.1) is 25.3 Å². The molecule has 0 spiro atoms. The number of ether oxygens (including phenoxy) is 4. The number of methoxy groups -OCH3 is 2. The largest absolute Gasteiger partial charge is 0.497 e. The van der Waals surface area contributed by atoms with Crippen molar-refractivity contribution in [3.8, 4) is 23.0 Å². The lowest BCUT2D eigenvalue weighted by atomic mass is 10.1. The van der Waals surface area contributed by atoms with Crippen LogP contribution in [0.5, 0.6) is 23.0 Å². The molecule has 1 heterocycles. The van der Waals surface area contributed by atoms with E-state index in [-0.39, 0.29) is 22.9 Å². The summed E-state index contributed by atoms with van der Waals surface area (Å²) in [5, 5.41) is 0. The third-order valence-electron chi connectivity index (χ3n) is 4.78. The van der Waals surface area contributed by atoms with Crippen molar-refractivity contribution in [1.29, 1.82) is 0 Å². The predicted molar refractivity (Wildman–Crippen MR) is 115 cm³/mol. The van der Waals surface area contributed by atoms with Crippen LogP contribution in [0.2, 0.25) is 0 Å². The number of carbonyl (C=O) groups excluding carboxylic acids is 2. The summed E-state index contributed by atoms with van der Waals surface area (Å²) in [6.45, 7) is 1.98. The van der Waals surface area contributed by atoms with E-state index in [0.717, 1.165) is 11.1 Å². The van der Waals surface area contributed by atoms with Gasteiger partial charge in [-0.05, 0) is 42.8 Å². The number of benzene rings is 3. The molecule has 0 N–H and O–H groups in total. The van der Waals surface area contributed by atoms with Gasteiger partial charge in [-0.15, -0.1) is 0 Å². The molecule has 0 bridgehead atoms. The molecule has 0 aromatic heterocycles. The fraction of sp³-hybridized carbons (Fsp3) is 0.120. The molecule has 0 atom stereocenters. The third kappa shape index (κ3) is 4.28. The number of rotatable bonds is 5. The highest BCUT2D eigenvalue weighted by Gasteiger charge is 2.28. The zero-order valence-corrected chi connectivity index (χ0v) is 17.3. The van der Waals surface area contributed by atoms with E-state index >= 15 is 0 Å². The summed E-state index contributed by atoms with van der Waals surface area (Å²) in [7, 11) is 3.00. The lowest BCUT2D eigenvalue weighted by Crippen LogP contribution is -2.09. The molecule has 1 aliphatic rings. The number of ketones is 1. The van der Waals surface area contributed by atoms with Crippen molar-refractivity contribution in [3.63, 3.8) is 0 Å². The average molecular weight is 416 g/mol. The number of aryl methyl sites for hydroxylation is 1. The van der Waals surface area contributed by atoms with Crippen LogP contribution in [0, 0.1) is 6.92 Å². The standard InChI is InChI=1S/C25H20O6/c1-15-5-4-6-16(9-15)10-23-24(26)21-8-7-18(14-22(21)31-23)30-25(27)17-11-19(28-2)13-20(12-17)29-3/h4-14H,1-3H3/b23-10-. The Morgan fingerprint density at radius 1 is 0.903 bits per heavy atom. The molecule has 0 aliphatic carbocycles. The summed E-state index contributed by atoms with van der Waals surface area (Å²) in [6.07, 6.45) is 1.70. The Kier molecular flexibility index (Phi) is 5.45. The van der Waals surface area contributed by atoms with Crippen LogP contribution in [0.1, 0.15) is 31.8 Å².